The molecule has 4 N–H and O–H groups in total. The van der Waals surface area contributed by atoms with Crippen LogP contribution in [0.2, 0.25) is 0 Å². The maximum absolute atomic E-state index is 15.0. The molecular weight excluding hydrogens is 557 g/mol. The van der Waals surface area contributed by atoms with E-state index in [9.17, 15) is 48.0 Å². The van der Waals surface area contributed by atoms with Crippen LogP contribution in [-0.4, -0.2) is 86.4 Å². The van der Waals surface area contributed by atoms with Crippen LogP contribution in [0.3, 0.4) is 0 Å². The van der Waals surface area contributed by atoms with Crippen molar-refractivity contribution >= 4 is 28.9 Å². The zero-order valence-electron chi connectivity index (χ0n) is 23.5. The normalized spacial score (nSPS) is 28.0. The molecule has 1 saturated heterocycles. The van der Waals surface area contributed by atoms with Crippen LogP contribution in [-0.2, 0) is 27.3 Å². The number of rotatable bonds is 5. The number of fused-ring (bicyclic) bond motifs is 3. The van der Waals surface area contributed by atoms with Gasteiger partial charge in [0.2, 0.25) is 5.78 Å². The highest BCUT2D eigenvalue weighted by Crippen LogP contribution is 2.54. The van der Waals surface area contributed by atoms with E-state index in [-0.39, 0.29) is 33.4 Å². The summed E-state index contributed by atoms with van der Waals surface area (Å²) in [6.45, 7) is 2.43. The third-order valence-corrected chi connectivity index (χ3v) is 9.15. The number of Topliss-reactive ketones (excluding diaryl/α,β-unsaturated/α-hetero) is 3. The second-order valence-corrected chi connectivity index (χ2v) is 11.9. The molecule has 0 spiro atoms. The lowest BCUT2D eigenvalue weighted by Gasteiger charge is -2.50. The SMILES string of the molecule is CC(=O)C1=C(O)[C@@]2(O)C(=O)C3=C(O)c4c(O)c(CN5CCCCC5)cc(C(F)=C(F)F)c4CC3CC2[C@@H](N(C)C)C1=O.[HH].[HH]. The minimum absolute atomic E-state index is 0. The molecule has 4 atom stereocenters. The number of aromatic hydroxyl groups is 1. The molecule has 2 unspecified atom stereocenters. The van der Waals surface area contributed by atoms with E-state index in [0.29, 0.717) is 13.1 Å². The number of likely N-dealkylation sites (tertiary alicyclic amines) is 1. The van der Waals surface area contributed by atoms with E-state index in [2.05, 4.69) is 0 Å². The highest BCUT2D eigenvalue weighted by molar-refractivity contribution is 6.25. The molecule has 0 bridgehead atoms. The number of ketones is 3. The van der Waals surface area contributed by atoms with Crippen LogP contribution in [0.25, 0.3) is 11.6 Å². The number of aliphatic hydroxyl groups excluding tert-OH is 2. The molecule has 4 aliphatic rings. The molecule has 1 aliphatic heterocycles. The Morgan fingerprint density at radius 1 is 1.12 bits per heavy atom. The fourth-order valence-electron chi connectivity index (χ4n) is 7.25. The van der Waals surface area contributed by atoms with Crippen LogP contribution < -0.4 is 0 Å². The van der Waals surface area contributed by atoms with E-state index in [1.54, 1.807) is 0 Å². The average molecular weight is 595 g/mol. The van der Waals surface area contributed by atoms with Crippen molar-refractivity contribution in [3.05, 3.63) is 51.3 Å². The second-order valence-electron chi connectivity index (χ2n) is 11.9. The van der Waals surface area contributed by atoms with Crippen LogP contribution in [0.4, 0.5) is 13.2 Å². The van der Waals surface area contributed by atoms with Gasteiger partial charge in [-0.15, -0.1) is 0 Å². The van der Waals surface area contributed by atoms with E-state index in [1.807, 2.05) is 4.90 Å². The Morgan fingerprint density at radius 3 is 2.33 bits per heavy atom. The zero-order chi connectivity index (χ0) is 30.8. The number of benzene rings is 1. The summed E-state index contributed by atoms with van der Waals surface area (Å²) in [7, 11) is 2.99. The van der Waals surface area contributed by atoms with E-state index in [4.69, 9.17) is 0 Å². The predicted molar refractivity (Wildman–Crippen MR) is 149 cm³/mol. The number of hydrogen-bond donors (Lipinski definition) is 4. The molecule has 1 heterocycles. The third kappa shape index (κ3) is 4.38. The summed E-state index contributed by atoms with van der Waals surface area (Å²) >= 11 is 0. The van der Waals surface area contributed by atoms with Crippen molar-refractivity contribution in [3.8, 4) is 5.75 Å². The smallest absolute Gasteiger partial charge is 0.306 e. The molecule has 0 amide bonds. The Hall–Kier alpha value is -3.48. The number of nitrogens with zero attached hydrogens (tertiary/aromatic N) is 2. The van der Waals surface area contributed by atoms with E-state index in [0.717, 1.165) is 32.3 Å². The highest BCUT2D eigenvalue weighted by atomic mass is 19.3. The standard InChI is InChI=1S/C30H33F3N2O7.2H2/c1-13(36)19-26(39)23(34(2)3)18-11-14-9-16-17(22(31)29(32)33)10-15(12-35-7-5-4-6-8-35)24(37)21(16)25(38)20(14)28(41)30(18,42)27(19)40;;/h10,14,18,23,37-38,40,42H,4-9,11-12H2,1-3H3;2*1H/t14?,18?,23-,30-;;/m1../s1. The van der Waals surface area contributed by atoms with Crippen molar-refractivity contribution in [1.29, 1.82) is 0 Å². The summed E-state index contributed by atoms with van der Waals surface area (Å²) in [6.07, 6.45) is -0.300. The van der Waals surface area contributed by atoms with Crippen LogP contribution in [0.5, 0.6) is 5.75 Å². The van der Waals surface area contributed by atoms with Crippen molar-refractivity contribution < 1.29 is 50.8 Å². The number of hydrogen-bond acceptors (Lipinski definition) is 9. The summed E-state index contributed by atoms with van der Waals surface area (Å²) in [4.78, 5) is 43.0. The molecule has 12 heteroatoms. The topological polar surface area (TPSA) is 139 Å². The summed E-state index contributed by atoms with van der Waals surface area (Å²) in [5.41, 5.74) is -4.88. The van der Waals surface area contributed by atoms with Gasteiger partial charge in [-0.1, -0.05) is 6.42 Å². The van der Waals surface area contributed by atoms with Gasteiger partial charge in [-0.25, -0.2) is 4.39 Å². The lowest BCUT2D eigenvalue weighted by Crippen LogP contribution is -2.65. The number of likely N-dealkylation sites (N-methyl/N-ethyl adjacent to an activating group) is 1. The molecule has 5 rings (SSSR count). The molecule has 9 nitrogen and oxygen atoms in total. The summed E-state index contributed by atoms with van der Waals surface area (Å²) in [5, 5.41) is 45.6. The molecular formula is C30H37F3N2O7. The first-order chi connectivity index (χ1) is 19.7. The van der Waals surface area contributed by atoms with Gasteiger partial charge in [0.05, 0.1) is 11.6 Å². The Bertz CT molecular complexity index is 1500. The fourth-order valence-corrected chi connectivity index (χ4v) is 7.25. The Labute approximate surface area is 243 Å². The number of halogens is 3. The minimum Gasteiger partial charge on any atom is -0.508 e. The van der Waals surface area contributed by atoms with Gasteiger partial charge in [-0.05, 0) is 77.3 Å². The maximum atomic E-state index is 15.0. The van der Waals surface area contributed by atoms with Crippen molar-refractivity contribution in [1.82, 2.24) is 9.80 Å². The van der Waals surface area contributed by atoms with Gasteiger partial charge in [0.1, 0.15) is 22.8 Å². The fraction of sp³-hybridized carbons (Fsp3) is 0.500. The Morgan fingerprint density at radius 2 is 1.76 bits per heavy atom. The van der Waals surface area contributed by atoms with Crippen molar-refractivity contribution in [2.24, 2.45) is 11.8 Å². The Balaban J connectivity index is 0.00000264. The molecule has 3 aliphatic carbocycles. The van der Waals surface area contributed by atoms with Crippen molar-refractivity contribution in [2.75, 3.05) is 27.2 Å². The van der Waals surface area contributed by atoms with Crippen LogP contribution >= 0.6 is 0 Å². The first-order valence-corrected chi connectivity index (χ1v) is 13.9. The van der Waals surface area contributed by atoms with Crippen LogP contribution in [0.15, 0.2) is 29.1 Å². The molecule has 0 radical (unpaired) electrons. The summed E-state index contributed by atoms with van der Waals surface area (Å²) in [5.74, 6) is -9.40. The number of carbonyl (C=O) groups is 3. The quantitative estimate of drug-likeness (QED) is 0.372. The second kappa shape index (κ2) is 10.7. The largest absolute Gasteiger partial charge is 0.508 e. The van der Waals surface area contributed by atoms with Gasteiger partial charge in [0, 0.05) is 32.0 Å². The minimum atomic E-state index is -2.76. The first-order valence-electron chi connectivity index (χ1n) is 13.9. The highest BCUT2D eigenvalue weighted by Gasteiger charge is 2.64. The van der Waals surface area contributed by atoms with E-state index >= 15 is 0 Å². The first kappa shape index (κ1) is 30.0. The van der Waals surface area contributed by atoms with E-state index in [1.165, 1.54) is 19.0 Å². The number of carbonyl (C=O) groups excluding carboxylic acids is 3. The molecule has 2 fully saturated rings. The van der Waals surface area contributed by atoms with Crippen molar-refractivity contribution in [3.63, 3.8) is 0 Å². The number of aliphatic hydroxyl groups is 3. The van der Waals surface area contributed by atoms with Gasteiger partial charge < -0.3 is 20.4 Å². The zero-order valence-corrected chi connectivity index (χ0v) is 23.5. The predicted octanol–water partition coefficient (Wildman–Crippen LogP) is 4.08. The third-order valence-electron chi connectivity index (χ3n) is 9.15. The Kier molecular flexibility index (Phi) is 7.61. The van der Waals surface area contributed by atoms with Crippen molar-refractivity contribution in [2.45, 2.75) is 57.2 Å². The molecule has 42 heavy (non-hydrogen) atoms. The molecule has 1 saturated carbocycles. The summed E-state index contributed by atoms with van der Waals surface area (Å²) in [6, 6.07) is -0.0877. The van der Waals surface area contributed by atoms with Gasteiger partial charge in [-0.2, -0.15) is 8.78 Å². The molecule has 1 aromatic rings. The lowest BCUT2D eigenvalue weighted by molar-refractivity contribution is -0.153. The van der Waals surface area contributed by atoms with E-state index < -0.39 is 92.3 Å². The average Bonchev–Trinajstić information content (AvgIpc) is 2.92. The van der Waals surface area contributed by atoms with Gasteiger partial charge >= 0.3 is 6.08 Å². The number of phenolic OH excluding ortho intramolecular Hbond substituents is 1. The van der Waals surface area contributed by atoms with Gasteiger partial charge in [0.25, 0.3) is 0 Å². The lowest BCUT2D eigenvalue weighted by atomic mass is 9.57. The molecule has 230 valence electrons. The van der Waals surface area contributed by atoms with Gasteiger partial charge in [-0.3, -0.25) is 24.2 Å². The summed E-state index contributed by atoms with van der Waals surface area (Å²) < 4.78 is 42.3. The molecule has 1 aromatic carbocycles. The van der Waals surface area contributed by atoms with Gasteiger partial charge in [0.15, 0.2) is 23.0 Å². The maximum Gasteiger partial charge on any atom is 0.306 e. The molecule has 0 aromatic heterocycles. The number of piperidine rings is 1. The monoisotopic (exact) mass is 594 g/mol. The van der Waals surface area contributed by atoms with Crippen LogP contribution in [0, 0.1) is 11.8 Å². The van der Waals surface area contributed by atoms with Crippen LogP contribution in [0.1, 0.15) is 57.7 Å². The number of phenols is 1.